The fourth-order valence-electron chi connectivity index (χ4n) is 1.65. The van der Waals surface area contributed by atoms with Crippen LogP contribution in [0.15, 0.2) is 16.6 Å². The van der Waals surface area contributed by atoms with E-state index in [1.165, 1.54) is 6.07 Å². The zero-order valence-corrected chi connectivity index (χ0v) is 12.6. The summed E-state index contributed by atoms with van der Waals surface area (Å²) >= 11 is 3.13. The van der Waals surface area contributed by atoms with E-state index in [0.29, 0.717) is 10.2 Å². The molecule has 1 aromatic carbocycles. The summed E-state index contributed by atoms with van der Waals surface area (Å²) in [6.07, 6.45) is 0. The first kappa shape index (κ1) is 14.3. The van der Waals surface area contributed by atoms with Crippen molar-refractivity contribution in [2.75, 3.05) is 17.7 Å². The summed E-state index contributed by atoms with van der Waals surface area (Å²) in [5.74, 6) is -0.290. The van der Waals surface area contributed by atoms with Crippen molar-refractivity contribution in [3.8, 4) is 0 Å². The summed E-state index contributed by atoms with van der Waals surface area (Å²) in [6, 6.07) is 3.34. The number of nitrogen functional groups attached to an aromatic ring is 1. The third-order valence-electron chi connectivity index (χ3n) is 3.28. The summed E-state index contributed by atoms with van der Waals surface area (Å²) in [5, 5.41) is 0. The molecule has 0 aliphatic carbocycles. The molecule has 1 atom stereocenters. The van der Waals surface area contributed by atoms with E-state index in [2.05, 4.69) is 43.6 Å². The second kappa shape index (κ2) is 4.84. The lowest BCUT2D eigenvalue weighted by atomic mass is 9.87. The first-order valence-electron chi connectivity index (χ1n) is 5.62. The molecule has 4 heteroatoms. The second-order valence-corrected chi connectivity index (χ2v) is 6.33. The van der Waals surface area contributed by atoms with Crippen LogP contribution >= 0.6 is 15.9 Å². The molecular formula is C13H20BrFN2. The third-order valence-corrected chi connectivity index (χ3v) is 3.89. The molecule has 0 spiro atoms. The van der Waals surface area contributed by atoms with Crippen molar-refractivity contribution in [1.82, 2.24) is 0 Å². The summed E-state index contributed by atoms with van der Waals surface area (Å²) in [7, 11) is 1.94. The zero-order chi connectivity index (χ0) is 13.4. The van der Waals surface area contributed by atoms with E-state index < -0.39 is 0 Å². The standard InChI is InChI=1S/C13H20BrFN2/c1-8(13(2,3)4)17(5)12-7-10(15)9(14)6-11(12)16/h6-8H,16H2,1-5H3. The molecule has 1 rings (SSSR count). The van der Waals surface area contributed by atoms with Gasteiger partial charge in [0.25, 0.3) is 0 Å². The number of hydrogen-bond acceptors (Lipinski definition) is 2. The molecule has 0 saturated heterocycles. The van der Waals surface area contributed by atoms with Gasteiger partial charge >= 0.3 is 0 Å². The van der Waals surface area contributed by atoms with Crippen LogP contribution in [0.1, 0.15) is 27.7 Å². The molecule has 1 unspecified atom stereocenters. The highest BCUT2D eigenvalue weighted by Gasteiger charge is 2.25. The molecule has 0 aromatic heterocycles. The minimum Gasteiger partial charge on any atom is -0.397 e. The van der Waals surface area contributed by atoms with E-state index in [0.717, 1.165) is 5.69 Å². The van der Waals surface area contributed by atoms with E-state index in [1.807, 2.05) is 11.9 Å². The van der Waals surface area contributed by atoms with Crippen LogP contribution in [0.3, 0.4) is 0 Å². The van der Waals surface area contributed by atoms with Crippen molar-refractivity contribution in [1.29, 1.82) is 0 Å². The SMILES string of the molecule is CC(N(C)c1cc(F)c(Br)cc1N)C(C)(C)C. The Morgan fingerprint density at radius 3 is 2.35 bits per heavy atom. The predicted octanol–water partition coefficient (Wildman–Crippen LogP) is 4.04. The van der Waals surface area contributed by atoms with Gasteiger partial charge in [-0.15, -0.1) is 0 Å². The van der Waals surface area contributed by atoms with Gasteiger partial charge in [0.15, 0.2) is 0 Å². The number of hydrogen-bond donors (Lipinski definition) is 1. The minimum absolute atomic E-state index is 0.102. The van der Waals surface area contributed by atoms with Crippen molar-refractivity contribution in [2.45, 2.75) is 33.7 Å². The Labute approximate surface area is 111 Å². The fraction of sp³-hybridized carbons (Fsp3) is 0.538. The van der Waals surface area contributed by atoms with Crippen LogP contribution in [0.4, 0.5) is 15.8 Å². The normalized spacial score (nSPS) is 13.6. The Morgan fingerprint density at radius 2 is 1.88 bits per heavy atom. The quantitative estimate of drug-likeness (QED) is 0.835. The molecule has 0 amide bonds. The van der Waals surface area contributed by atoms with Crippen LogP contribution in [0.2, 0.25) is 0 Å². The van der Waals surface area contributed by atoms with Gasteiger partial charge in [0, 0.05) is 19.2 Å². The van der Waals surface area contributed by atoms with Crippen LogP contribution < -0.4 is 10.6 Å². The van der Waals surface area contributed by atoms with Gasteiger partial charge in [-0.3, -0.25) is 0 Å². The Kier molecular flexibility index (Phi) is 4.07. The molecule has 0 radical (unpaired) electrons. The third kappa shape index (κ3) is 3.12. The van der Waals surface area contributed by atoms with Crippen LogP contribution in [0.25, 0.3) is 0 Å². The zero-order valence-electron chi connectivity index (χ0n) is 11.0. The van der Waals surface area contributed by atoms with Crippen LogP contribution in [0, 0.1) is 11.2 Å². The van der Waals surface area contributed by atoms with Crippen molar-refractivity contribution in [3.05, 3.63) is 22.4 Å². The van der Waals surface area contributed by atoms with E-state index in [9.17, 15) is 4.39 Å². The minimum atomic E-state index is -0.290. The van der Waals surface area contributed by atoms with E-state index in [1.54, 1.807) is 6.07 Å². The first-order valence-corrected chi connectivity index (χ1v) is 6.41. The molecule has 1 aromatic rings. The number of anilines is 2. The van der Waals surface area contributed by atoms with Crippen LogP contribution in [-0.2, 0) is 0 Å². The molecule has 96 valence electrons. The van der Waals surface area contributed by atoms with Crippen molar-refractivity contribution in [2.24, 2.45) is 5.41 Å². The number of halogens is 2. The summed E-state index contributed by atoms with van der Waals surface area (Å²) < 4.78 is 13.9. The average Bonchev–Trinajstić information content (AvgIpc) is 2.20. The van der Waals surface area contributed by atoms with Crippen molar-refractivity contribution in [3.63, 3.8) is 0 Å². The maximum absolute atomic E-state index is 13.6. The van der Waals surface area contributed by atoms with Crippen LogP contribution in [-0.4, -0.2) is 13.1 Å². The topological polar surface area (TPSA) is 29.3 Å². The molecule has 0 aliphatic heterocycles. The van der Waals surface area contributed by atoms with Crippen LogP contribution in [0.5, 0.6) is 0 Å². The lowest BCUT2D eigenvalue weighted by Gasteiger charge is -2.37. The molecule has 0 fully saturated rings. The van der Waals surface area contributed by atoms with E-state index in [4.69, 9.17) is 5.73 Å². The van der Waals surface area contributed by atoms with Crippen molar-refractivity contribution >= 4 is 27.3 Å². The largest absolute Gasteiger partial charge is 0.397 e. The van der Waals surface area contributed by atoms with Crippen molar-refractivity contribution < 1.29 is 4.39 Å². The van der Waals surface area contributed by atoms with Gasteiger partial charge < -0.3 is 10.6 Å². The molecule has 2 nitrogen and oxygen atoms in total. The van der Waals surface area contributed by atoms with Gasteiger partial charge in [0.1, 0.15) is 5.82 Å². The smallest absolute Gasteiger partial charge is 0.139 e. The number of nitrogens with zero attached hydrogens (tertiary/aromatic N) is 1. The molecule has 0 bridgehead atoms. The van der Waals surface area contributed by atoms with Gasteiger partial charge in [0.2, 0.25) is 0 Å². The van der Waals surface area contributed by atoms with Gasteiger partial charge in [-0.1, -0.05) is 20.8 Å². The maximum Gasteiger partial charge on any atom is 0.139 e. The predicted molar refractivity (Wildman–Crippen MR) is 75.8 cm³/mol. The Hall–Kier alpha value is -0.770. The van der Waals surface area contributed by atoms with E-state index in [-0.39, 0.29) is 17.3 Å². The Morgan fingerprint density at radius 1 is 1.35 bits per heavy atom. The lowest BCUT2D eigenvalue weighted by molar-refractivity contribution is 0.330. The molecule has 0 saturated carbocycles. The van der Waals surface area contributed by atoms with Gasteiger partial charge in [-0.05, 0) is 34.3 Å². The molecule has 0 aliphatic rings. The monoisotopic (exact) mass is 302 g/mol. The molecule has 0 heterocycles. The number of nitrogens with two attached hydrogens (primary N) is 1. The highest BCUT2D eigenvalue weighted by molar-refractivity contribution is 9.10. The van der Waals surface area contributed by atoms with E-state index >= 15 is 0 Å². The van der Waals surface area contributed by atoms with Gasteiger partial charge in [0.05, 0.1) is 15.8 Å². The summed E-state index contributed by atoms with van der Waals surface area (Å²) in [6.45, 7) is 8.57. The first-order chi connectivity index (χ1) is 7.64. The fourth-order valence-corrected chi connectivity index (χ4v) is 2.01. The maximum atomic E-state index is 13.6. The average molecular weight is 303 g/mol. The molecule has 17 heavy (non-hydrogen) atoms. The Balaban J connectivity index is 3.13. The van der Waals surface area contributed by atoms with Gasteiger partial charge in [-0.2, -0.15) is 0 Å². The lowest BCUT2D eigenvalue weighted by Crippen LogP contribution is -2.39. The van der Waals surface area contributed by atoms with Gasteiger partial charge in [-0.25, -0.2) is 4.39 Å². The Bertz CT molecular complexity index is 413. The summed E-state index contributed by atoms with van der Waals surface area (Å²) in [4.78, 5) is 2.02. The molecular weight excluding hydrogens is 283 g/mol. The number of benzene rings is 1. The highest BCUT2D eigenvalue weighted by Crippen LogP contribution is 2.33. The molecule has 2 N–H and O–H groups in total. The number of rotatable bonds is 2. The summed E-state index contributed by atoms with van der Waals surface area (Å²) in [5.41, 5.74) is 7.35. The highest BCUT2D eigenvalue weighted by atomic mass is 79.9. The second-order valence-electron chi connectivity index (χ2n) is 5.48.